The van der Waals surface area contributed by atoms with Crippen LogP contribution in [0.1, 0.15) is 48.8 Å². The molecule has 0 unspecified atom stereocenters. The molecule has 9 heteroatoms. The number of aromatic nitrogens is 4. The highest BCUT2D eigenvalue weighted by atomic mass is 32.2. The smallest absolute Gasteiger partial charge is 0.261 e. The Morgan fingerprint density at radius 1 is 1.25 bits per heavy atom. The van der Waals surface area contributed by atoms with E-state index in [2.05, 4.69) is 15.5 Å². The summed E-state index contributed by atoms with van der Waals surface area (Å²) >= 11 is 2.93. The monoisotopic (exact) mass is 415 g/mol. The van der Waals surface area contributed by atoms with E-state index in [0.29, 0.717) is 28.1 Å². The van der Waals surface area contributed by atoms with E-state index in [4.69, 9.17) is 4.98 Å². The van der Waals surface area contributed by atoms with Crippen molar-refractivity contribution in [1.82, 2.24) is 19.7 Å². The van der Waals surface area contributed by atoms with E-state index < -0.39 is 0 Å². The van der Waals surface area contributed by atoms with Crippen LogP contribution in [0.15, 0.2) is 27.3 Å². The summed E-state index contributed by atoms with van der Waals surface area (Å²) in [5.41, 5.74) is 1.01. The van der Waals surface area contributed by atoms with Crippen LogP contribution < -0.4 is 10.9 Å². The fourth-order valence-electron chi connectivity index (χ4n) is 3.35. The summed E-state index contributed by atoms with van der Waals surface area (Å²) in [5, 5.41) is 11.8. The lowest BCUT2D eigenvalue weighted by Gasteiger charge is -2.16. The van der Waals surface area contributed by atoms with Gasteiger partial charge < -0.3 is 0 Å². The van der Waals surface area contributed by atoms with Gasteiger partial charge in [0.05, 0.1) is 10.9 Å². The van der Waals surface area contributed by atoms with Gasteiger partial charge in [-0.3, -0.25) is 19.5 Å². The first-order valence-electron chi connectivity index (χ1n) is 9.47. The number of nitrogens with zero attached hydrogens (tertiary/aromatic N) is 4. The third kappa shape index (κ3) is 3.95. The lowest BCUT2D eigenvalue weighted by Crippen LogP contribution is -2.26. The van der Waals surface area contributed by atoms with Crippen LogP contribution in [0, 0.1) is 0 Å². The summed E-state index contributed by atoms with van der Waals surface area (Å²) in [6.45, 7) is 2.76. The van der Waals surface area contributed by atoms with Crippen LogP contribution in [0.25, 0.3) is 10.9 Å². The zero-order valence-electron chi connectivity index (χ0n) is 15.6. The van der Waals surface area contributed by atoms with Crippen molar-refractivity contribution in [2.75, 3.05) is 11.1 Å². The molecular weight excluding hydrogens is 394 g/mol. The molecule has 3 aromatic rings. The number of carbonyl (C=O) groups is 1. The van der Waals surface area contributed by atoms with Crippen LogP contribution in [0.3, 0.4) is 0 Å². The van der Waals surface area contributed by atoms with Crippen LogP contribution in [0.4, 0.5) is 5.13 Å². The zero-order chi connectivity index (χ0) is 19.5. The lowest BCUT2D eigenvalue weighted by molar-refractivity contribution is 0.102. The summed E-state index contributed by atoms with van der Waals surface area (Å²) < 4.78 is 2.62. The third-order valence-corrected chi connectivity index (χ3v) is 6.58. The van der Waals surface area contributed by atoms with E-state index in [1.54, 1.807) is 34.5 Å². The number of hydrogen-bond donors (Lipinski definition) is 1. The number of hydrogen-bond acceptors (Lipinski definition) is 7. The minimum absolute atomic E-state index is 0.0146. The fourth-order valence-corrected chi connectivity index (χ4v) is 4.99. The molecule has 0 bridgehead atoms. The number of rotatable bonds is 4. The molecule has 0 radical (unpaired) electrons. The molecule has 1 aliphatic heterocycles. The predicted octanol–water partition coefficient (Wildman–Crippen LogP) is 3.73. The average Bonchev–Trinajstić information content (AvgIpc) is 3.10. The molecule has 0 saturated heterocycles. The van der Waals surface area contributed by atoms with E-state index in [9.17, 15) is 9.59 Å². The van der Waals surface area contributed by atoms with Crippen molar-refractivity contribution in [3.63, 3.8) is 0 Å². The molecule has 0 atom stereocenters. The minimum Gasteiger partial charge on any atom is -0.296 e. The second-order valence-corrected chi connectivity index (χ2v) is 9.13. The summed E-state index contributed by atoms with van der Waals surface area (Å²) in [6, 6.07) is 5.05. The van der Waals surface area contributed by atoms with Crippen molar-refractivity contribution >= 4 is 45.0 Å². The Labute approximate surface area is 170 Å². The van der Waals surface area contributed by atoms with Crippen molar-refractivity contribution < 1.29 is 4.79 Å². The number of amides is 1. The van der Waals surface area contributed by atoms with Gasteiger partial charge in [0.1, 0.15) is 5.82 Å². The summed E-state index contributed by atoms with van der Waals surface area (Å²) in [5.74, 6) is 1.44. The van der Waals surface area contributed by atoms with Crippen LogP contribution in [0.2, 0.25) is 0 Å². The van der Waals surface area contributed by atoms with Gasteiger partial charge in [0.2, 0.25) is 5.13 Å². The van der Waals surface area contributed by atoms with Gasteiger partial charge in [-0.05, 0) is 36.8 Å². The molecule has 0 spiro atoms. The van der Waals surface area contributed by atoms with Gasteiger partial charge in [-0.1, -0.05) is 42.9 Å². The summed E-state index contributed by atoms with van der Waals surface area (Å²) in [7, 11) is 0. The maximum Gasteiger partial charge on any atom is 0.261 e. The molecule has 4 rings (SSSR count). The number of thioether (sulfide) groups is 1. The van der Waals surface area contributed by atoms with E-state index in [1.165, 1.54) is 11.3 Å². The first-order valence-corrected chi connectivity index (χ1v) is 11.3. The van der Waals surface area contributed by atoms with Crippen LogP contribution >= 0.6 is 23.1 Å². The molecule has 1 aromatic carbocycles. The van der Waals surface area contributed by atoms with Crippen LogP contribution in [-0.2, 0) is 13.0 Å². The third-order valence-electron chi connectivity index (χ3n) is 4.72. The number of fused-ring (bicyclic) bond motifs is 2. The van der Waals surface area contributed by atoms with E-state index in [1.807, 2.05) is 6.92 Å². The number of carbonyl (C=O) groups excluding carboxylic acids is 1. The second kappa shape index (κ2) is 8.40. The number of anilines is 1. The SMILES string of the molecule is CCSc1nnc(NC(=O)c2ccc3c(=O)n4c(nc3c2)CCCCCC4)s1. The normalized spacial score (nSPS) is 14.3. The van der Waals surface area contributed by atoms with E-state index >= 15 is 0 Å². The number of nitrogens with one attached hydrogen (secondary N) is 1. The predicted molar refractivity (Wildman–Crippen MR) is 112 cm³/mol. The molecule has 0 fully saturated rings. The van der Waals surface area contributed by atoms with E-state index in [-0.39, 0.29) is 11.5 Å². The van der Waals surface area contributed by atoms with Gasteiger partial charge in [0.15, 0.2) is 4.34 Å². The first kappa shape index (κ1) is 19.1. The molecule has 1 N–H and O–H groups in total. The van der Waals surface area contributed by atoms with Gasteiger partial charge in [-0.25, -0.2) is 4.98 Å². The Morgan fingerprint density at radius 3 is 2.96 bits per heavy atom. The number of benzene rings is 1. The Morgan fingerprint density at radius 2 is 2.11 bits per heavy atom. The average molecular weight is 416 g/mol. The maximum atomic E-state index is 12.9. The van der Waals surface area contributed by atoms with Gasteiger partial charge >= 0.3 is 0 Å². The highest BCUT2D eigenvalue weighted by Gasteiger charge is 2.16. The van der Waals surface area contributed by atoms with Crippen LogP contribution in [0.5, 0.6) is 0 Å². The molecule has 3 heterocycles. The Bertz CT molecular complexity index is 1080. The first-order chi connectivity index (χ1) is 13.7. The quantitative estimate of drug-likeness (QED) is 0.516. The topological polar surface area (TPSA) is 89.8 Å². The molecule has 0 saturated carbocycles. The Balaban J connectivity index is 1.63. The highest BCUT2D eigenvalue weighted by Crippen LogP contribution is 2.25. The number of aryl methyl sites for hydroxylation is 1. The van der Waals surface area contributed by atoms with Gasteiger partial charge in [-0.2, -0.15) is 0 Å². The standard InChI is InChI=1S/C19H21N5O2S2/c1-2-27-19-23-22-18(28-19)21-16(25)12-8-9-13-14(11-12)20-15-7-5-3-4-6-10-24(15)17(13)26/h8-9,11H,2-7,10H2,1H3,(H,21,22,25). The molecular formula is C19H21N5O2S2. The van der Waals surface area contributed by atoms with Gasteiger partial charge in [0.25, 0.3) is 11.5 Å². The van der Waals surface area contributed by atoms with Crippen molar-refractivity contribution in [2.24, 2.45) is 0 Å². The van der Waals surface area contributed by atoms with E-state index in [0.717, 1.165) is 48.0 Å². The second-order valence-electron chi connectivity index (χ2n) is 6.64. The maximum absolute atomic E-state index is 12.9. The summed E-state index contributed by atoms with van der Waals surface area (Å²) in [6.07, 6.45) is 5.14. The minimum atomic E-state index is -0.278. The molecule has 1 aliphatic rings. The molecule has 146 valence electrons. The van der Waals surface area contributed by atoms with Crippen molar-refractivity contribution in [3.8, 4) is 0 Å². The fraction of sp³-hybridized carbons (Fsp3) is 0.421. The Hall–Kier alpha value is -2.26. The Kier molecular flexibility index (Phi) is 5.72. The molecule has 1 amide bonds. The zero-order valence-corrected chi connectivity index (χ0v) is 17.2. The van der Waals surface area contributed by atoms with Gasteiger partial charge in [-0.15, -0.1) is 10.2 Å². The molecule has 0 aliphatic carbocycles. The lowest BCUT2D eigenvalue weighted by atomic mass is 10.1. The molecule has 28 heavy (non-hydrogen) atoms. The highest BCUT2D eigenvalue weighted by molar-refractivity contribution is 8.01. The van der Waals surface area contributed by atoms with Gasteiger partial charge in [0, 0.05) is 18.5 Å². The van der Waals surface area contributed by atoms with Crippen molar-refractivity contribution in [3.05, 3.63) is 39.9 Å². The largest absolute Gasteiger partial charge is 0.296 e. The summed E-state index contributed by atoms with van der Waals surface area (Å²) in [4.78, 5) is 30.2. The van der Waals surface area contributed by atoms with Crippen molar-refractivity contribution in [2.45, 2.75) is 49.9 Å². The van der Waals surface area contributed by atoms with Crippen LogP contribution in [-0.4, -0.2) is 31.4 Å². The molecule has 2 aromatic heterocycles. The molecule has 7 nitrogen and oxygen atoms in total. The van der Waals surface area contributed by atoms with Crippen molar-refractivity contribution in [1.29, 1.82) is 0 Å².